The Labute approximate surface area is 121 Å². The number of rotatable bonds is 9. The fraction of sp³-hybridized carbons (Fsp3) is 0.615. The van der Waals surface area contributed by atoms with Crippen molar-refractivity contribution in [2.75, 3.05) is 25.0 Å². The average Bonchev–Trinajstić information content (AvgIpc) is 2.44. The van der Waals surface area contributed by atoms with Gasteiger partial charge in [-0.2, -0.15) is 0 Å². The molecule has 7 heteroatoms. The Morgan fingerprint density at radius 3 is 2.80 bits per heavy atom. The van der Waals surface area contributed by atoms with Crippen molar-refractivity contribution in [1.82, 2.24) is 9.71 Å². The number of nitrogens with zero attached hydrogens (tertiary/aromatic N) is 1. The predicted molar refractivity (Wildman–Crippen MR) is 79.3 cm³/mol. The van der Waals surface area contributed by atoms with Gasteiger partial charge in [-0.15, -0.1) is 0 Å². The molecule has 2 N–H and O–H groups in total. The van der Waals surface area contributed by atoms with Gasteiger partial charge in [0, 0.05) is 25.9 Å². The lowest BCUT2D eigenvalue weighted by Gasteiger charge is -2.14. The van der Waals surface area contributed by atoms with Crippen molar-refractivity contribution in [2.45, 2.75) is 38.3 Å². The Hall–Kier alpha value is -1.18. The predicted octanol–water partition coefficient (Wildman–Crippen LogP) is 1.61. The van der Waals surface area contributed by atoms with Crippen molar-refractivity contribution < 1.29 is 13.2 Å². The molecular weight excluding hydrogens is 278 g/mol. The second kappa shape index (κ2) is 8.18. The molecule has 1 aromatic rings. The van der Waals surface area contributed by atoms with Gasteiger partial charge in [-0.3, -0.25) is 0 Å². The van der Waals surface area contributed by atoms with Crippen LogP contribution in [0.25, 0.3) is 0 Å². The number of ether oxygens (including phenoxy) is 1. The molecule has 0 aliphatic heterocycles. The van der Waals surface area contributed by atoms with Gasteiger partial charge in [0.2, 0.25) is 0 Å². The highest BCUT2D eigenvalue weighted by molar-refractivity contribution is 7.89. The van der Waals surface area contributed by atoms with E-state index in [0.29, 0.717) is 18.8 Å². The number of anilines is 1. The molecule has 1 atom stereocenters. The van der Waals surface area contributed by atoms with E-state index in [0.717, 1.165) is 6.42 Å². The van der Waals surface area contributed by atoms with Crippen LogP contribution in [0.3, 0.4) is 0 Å². The molecule has 0 aromatic carbocycles. The van der Waals surface area contributed by atoms with Crippen molar-refractivity contribution in [3.8, 4) is 0 Å². The Bertz CT molecular complexity index is 505. The fourth-order valence-electron chi connectivity index (χ4n) is 1.64. The summed E-state index contributed by atoms with van der Waals surface area (Å²) in [6.07, 6.45) is 2.20. The maximum Gasteiger partial charge on any atom is 0.260 e. The normalized spacial score (nSPS) is 13.2. The first-order chi connectivity index (χ1) is 9.51. The molecule has 20 heavy (non-hydrogen) atoms. The lowest BCUT2D eigenvalue weighted by Crippen LogP contribution is -2.33. The number of sulfonamides is 1. The highest BCUT2D eigenvalue weighted by Crippen LogP contribution is 2.17. The van der Waals surface area contributed by atoms with Crippen LogP contribution in [0.15, 0.2) is 23.4 Å². The van der Waals surface area contributed by atoms with E-state index in [1.165, 1.54) is 6.20 Å². The minimum atomic E-state index is -3.64. The van der Waals surface area contributed by atoms with Crippen LogP contribution in [0.1, 0.15) is 27.2 Å². The largest absolute Gasteiger partial charge is 0.383 e. The molecule has 0 saturated heterocycles. The first-order valence-electron chi connectivity index (χ1n) is 6.81. The molecule has 114 valence electrons. The molecule has 0 aliphatic rings. The van der Waals surface area contributed by atoms with Crippen LogP contribution in [0, 0.1) is 0 Å². The van der Waals surface area contributed by atoms with E-state index in [-0.39, 0.29) is 17.7 Å². The highest BCUT2D eigenvalue weighted by atomic mass is 32.2. The van der Waals surface area contributed by atoms with Crippen molar-refractivity contribution in [3.05, 3.63) is 18.3 Å². The standard InChI is InChI=1S/C13H23N3O3S/c1-4-8-14-12-7-6-9-15-13(12)20(17,18)16-10-11(3)19-5-2/h6-7,9,11,14,16H,4-5,8,10H2,1-3H3. The van der Waals surface area contributed by atoms with Gasteiger partial charge in [-0.05, 0) is 32.4 Å². The molecule has 0 amide bonds. The summed E-state index contributed by atoms with van der Waals surface area (Å²) in [5.74, 6) is 0. The molecule has 1 heterocycles. The third-order valence-corrected chi connectivity index (χ3v) is 3.98. The Kier molecular flexibility index (Phi) is 6.90. The Morgan fingerprint density at radius 2 is 2.15 bits per heavy atom. The van der Waals surface area contributed by atoms with Crippen LogP contribution in [0.4, 0.5) is 5.69 Å². The molecular formula is C13H23N3O3S. The molecule has 0 saturated carbocycles. The monoisotopic (exact) mass is 301 g/mol. The van der Waals surface area contributed by atoms with Crippen LogP contribution in [-0.4, -0.2) is 39.2 Å². The minimum absolute atomic E-state index is 0.0251. The van der Waals surface area contributed by atoms with Gasteiger partial charge >= 0.3 is 0 Å². The van der Waals surface area contributed by atoms with E-state index < -0.39 is 10.0 Å². The first-order valence-corrected chi connectivity index (χ1v) is 8.29. The van der Waals surface area contributed by atoms with Gasteiger partial charge in [-0.25, -0.2) is 18.1 Å². The molecule has 0 aliphatic carbocycles. The zero-order valence-electron chi connectivity index (χ0n) is 12.2. The van der Waals surface area contributed by atoms with Gasteiger partial charge in [0.1, 0.15) is 0 Å². The quantitative estimate of drug-likeness (QED) is 0.724. The van der Waals surface area contributed by atoms with E-state index in [1.807, 2.05) is 20.8 Å². The van der Waals surface area contributed by atoms with Crippen LogP contribution < -0.4 is 10.0 Å². The summed E-state index contributed by atoms with van der Waals surface area (Å²) in [6, 6.07) is 3.42. The van der Waals surface area contributed by atoms with Crippen molar-refractivity contribution >= 4 is 15.7 Å². The summed E-state index contributed by atoms with van der Waals surface area (Å²) in [5.41, 5.74) is 0.519. The van der Waals surface area contributed by atoms with Gasteiger partial charge in [0.05, 0.1) is 11.8 Å². The third-order valence-electron chi connectivity index (χ3n) is 2.60. The summed E-state index contributed by atoms with van der Waals surface area (Å²) in [6.45, 7) is 7.18. The van der Waals surface area contributed by atoms with E-state index in [2.05, 4.69) is 15.0 Å². The van der Waals surface area contributed by atoms with Gasteiger partial charge < -0.3 is 10.1 Å². The van der Waals surface area contributed by atoms with E-state index in [1.54, 1.807) is 12.1 Å². The molecule has 1 rings (SSSR count). The van der Waals surface area contributed by atoms with E-state index in [4.69, 9.17) is 4.74 Å². The summed E-state index contributed by atoms with van der Waals surface area (Å²) in [7, 11) is -3.64. The second-order valence-electron chi connectivity index (χ2n) is 4.40. The Balaban J connectivity index is 2.81. The summed E-state index contributed by atoms with van der Waals surface area (Å²) < 4.78 is 32.3. The van der Waals surface area contributed by atoms with Gasteiger partial charge in [0.15, 0.2) is 5.03 Å². The smallest absolute Gasteiger partial charge is 0.260 e. The molecule has 0 spiro atoms. The van der Waals surface area contributed by atoms with E-state index >= 15 is 0 Å². The minimum Gasteiger partial charge on any atom is -0.383 e. The zero-order valence-corrected chi connectivity index (χ0v) is 13.0. The van der Waals surface area contributed by atoms with Crippen molar-refractivity contribution in [1.29, 1.82) is 0 Å². The summed E-state index contributed by atoms with van der Waals surface area (Å²) >= 11 is 0. The summed E-state index contributed by atoms with van der Waals surface area (Å²) in [4.78, 5) is 3.97. The SMILES string of the molecule is CCCNc1cccnc1S(=O)(=O)NCC(C)OCC. The van der Waals surface area contributed by atoms with Crippen LogP contribution >= 0.6 is 0 Å². The fourth-order valence-corrected chi connectivity index (χ4v) is 2.86. The summed E-state index contributed by atoms with van der Waals surface area (Å²) in [5, 5.41) is 3.09. The Morgan fingerprint density at radius 1 is 1.40 bits per heavy atom. The molecule has 1 aromatic heterocycles. The number of nitrogens with one attached hydrogen (secondary N) is 2. The lowest BCUT2D eigenvalue weighted by molar-refractivity contribution is 0.0799. The molecule has 0 radical (unpaired) electrons. The van der Waals surface area contributed by atoms with E-state index in [9.17, 15) is 8.42 Å². The first kappa shape index (κ1) is 16.9. The maximum atomic E-state index is 12.3. The highest BCUT2D eigenvalue weighted by Gasteiger charge is 2.20. The number of hydrogen-bond donors (Lipinski definition) is 2. The van der Waals surface area contributed by atoms with Crippen LogP contribution in [-0.2, 0) is 14.8 Å². The number of hydrogen-bond acceptors (Lipinski definition) is 5. The van der Waals surface area contributed by atoms with Gasteiger partial charge in [0.25, 0.3) is 10.0 Å². The second-order valence-corrected chi connectivity index (χ2v) is 6.08. The number of pyridine rings is 1. The maximum absolute atomic E-state index is 12.3. The molecule has 6 nitrogen and oxygen atoms in total. The third kappa shape index (κ3) is 5.07. The van der Waals surface area contributed by atoms with Crippen molar-refractivity contribution in [3.63, 3.8) is 0 Å². The molecule has 0 fully saturated rings. The van der Waals surface area contributed by atoms with Crippen molar-refractivity contribution in [2.24, 2.45) is 0 Å². The van der Waals surface area contributed by atoms with Crippen LogP contribution in [0.5, 0.6) is 0 Å². The van der Waals surface area contributed by atoms with Crippen LogP contribution in [0.2, 0.25) is 0 Å². The molecule has 0 bridgehead atoms. The zero-order chi connectivity index (χ0) is 15.0. The molecule has 1 unspecified atom stereocenters. The lowest BCUT2D eigenvalue weighted by atomic mass is 10.4. The van der Waals surface area contributed by atoms with Gasteiger partial charge in [-0.1, -0.05) is 6.92 Å². The topological polar surface area (TPSA) is 80.3 Å². The number of aromatic nitrogens is 1. The average molecular weight is 301 g/mol.